The quantitative estimate of drug-likeness (QED) is 0.590. The maximum atomic E-state index is 12.9. The van der Waals surface area contributed by atoms with Crippen LogP contribution in [0.25, 0.3) is 0 Å². The van der Waals surface area contributed by atoms with Gasteiger partial charge in [-0.3, -0.25) is 9.79 Å². The van der Waals surface area contributed by atoms with Crippen molar-refractivity contribution in [3.8, 4) is 5.75 Å². The van der Waals surface area contributed by atoms with Crippen molar-refractivity contribution in [1.82, 2.24) is 14.5 Å². The monoisotopic (exact) mass is 456 g/mol. The molecule has 0 saturated carbocycles. The summed E-state index contributed by atoms with van der Waals surface area (Å²) in [5.74, 6) is -0.577. The van der Waals surface area contributed by atoms with Crippen LogP contribution in [-0.2, 0) is 16.8 Å². The van der Waals surface area contributed by atoms with E-state index < -0.39 is 10.2 Å². The highest BCUT2D eigenvalue weighted by molar-refractivity contribution is 7.89. The van der Waals surface area contributed by atoms with Gasteiger partial charge in [-0.2, -0.15) is 8.42 Å². The topological polar surface area (TPSA) is 127 Å². The molecule has 1 amide bonds. The maximum Gasteiger partial charge on any atom is 0.345 e. The Labute approximate surface area is 186 Å². The van der Waals surface area contributed by atoms with Gasteiger partial charge in [-0.05, 0) is 24.7 Å². The lowest BCUT2D eigenvalue weighted by Gasteiger charge is -2.32. The molecule has 0 radical (unpaired) electrons. The van der Waals surface area contributed by atoms with E-state index in [0.29, 0.717) is 13.1 Å². The molecule has 1 saturated heterocycles. The first kappa shape index (κ1) is 21.8. The number of amidine groups is 2. The number of carbonyl (C=O) groups is 1. The zero-order valence-corrected chi connectivity index (χ0v) is 18.3. The molecular weight excluding hydrogens is 432 g/mol. The van der Waals surface area contributed by atoms with Gasteiger partial charge in [0.2, 0.25) is 0 Å². The van der Waals surface area contributed by atoms with Crippen LogP contribution >= 0.6 is 0 Å². The number of nitrogens with one attached hydrogen (secondary N) is 2. The van der Waals surface area contributed by atoms with Gasteiger partial charge in [-0.1, -0.05) is 36.4 Å². The molecule has 3 N–H and O–H groups in total. The van der Waals surface area contributed by atoms with E-state index in [0.717, 1.165) is 18.7 Å². The Morgan fingerprint density at radius 2 is 1.84 bits per heavy atom. The first-order chi connectivity index (χ1) is 15.3. The minimum atomic E-state index is -3.95. The normalized spacial score (nSPS) is 19.5. The standard InChI is InChI=1S/C21H24N6O4S/c1-26-10-12-27(13-11-26)21(29)16-8-5-9-17(18(16)28)23-20-19(24-32(30,31)25-20)22-14-15-6-3-2-4-7-15/h2-9,28H,10-14H2,1H3,(H,22,24)(H,23,25). The van der Waals surface area contributed by atoms with Crippen molar-refractivity contribution >= 4 is 33.5 Å². The van der Waals surface area contributed by atoms with Crippen molar-refractivity contribution in [1.29, 1.82) is 0 Å². The smallest absolute Gasteiger partial charge is 0.345 e. The summed E-state index contributed by atoms with van der Waals surface area (Å²) in [5, 5.41) is 13.5. The van der Waals surface area contributed by atoms with Crippen LogP contribution in [0.15, 0.2) is 57.9 Å². The highest BCUT2D eigenvalue weighted by Gasteiger charge is 2.28. The molecule has 0 aromatic heterocycles. The van der Waals surface area contributed by atoms with Crippen LogP contribution in [0.4, 0.5) is 5.69 Å². The molecule has 10 nitrogen and oxygen atoms in total. The summed E-state index contributed by atoms with van der Waals surface area (Å²) >= 11 is 0. The van der Waals surface area contributed by atoms with Crippen molar-refractivity contribution in [2.75, 3.05) is 38.5 Å². The van der Waals surface area contributed by atoms with Gasteiger partial charge in [0.1, 0.15) is 0 Å². The Hall–Kier alpha value is -3.44. The molecular formula is C21H24N6O4S. The van der Waals surface area contributed by atoms with Gasteiger partial charge >= 0.3 is 10.2 Å². The Kier molecular flexibility index (Phi) is 6.10. The molecule has 2 aliphatic rings. The van der Waals surface area contributed by atoms with E-state index in [1.165, 1.54) is 6.07 Å². The summed E-state index contributed by atoms with van der Waals surface area (Å²) in [6, 6.07) is 14.0. The lowest BCUT2D eigenvalue weighted by Crippen LogP contribution is -2.47. The van der Waals surface area contributed by atoms with Gasteiger partial charge in [0.15, 0.2) is 17.4 Å². The van der Waals surface area contributed by atoms with Crippen LogP contribution in [0.3, 0.4) is 0 Å². The molecule has 0 spiro atoms. The van der Waals surface area contributed by atoms with Gasteiger partial charge in [-0.15, -0.1) is 4.40 Å². The number of amides is 1. The number of aliphatic imine (C=N–C) groups is 1. The number of piperazine rings is 1. The zero-order chi connectivity index (χ0) is 22.7. The van der Waals surface area contributed by atoms with Gasteiger partial charge in [0, 0.05) is 26.2 Å². The Morgan fingerprint density at radius 3 is 2.56 bits per heavy atom. The molecule has 0 unspecified atom stereocenters. The largest absolute Gasteiger partial charge is 0.505 e. The maximum absolute atomic E-state index is 12.9. The molecule has 168 valence electrons. The number of benzene rings is 2. The predicted octanol–water partition coefficient (Wildman–Crippen LogP) is 1.04. The number of hydrogen-bond donors (Lipinski definition) is 3. The second kappa shape index (κ2) is 8.97. The summed E-state index contributed by atoms with van der Waals surface area (Å²) < 4.78 is 29.9. The number of aromatic hydroxyl groups is 1. The van der Waals surface area contributed by atoms with Gasteiger partial charge in [0.25, 0.3) is 5.91 Å². The Bertz CT molecular complexity index is 1170. The molecule has 2 aromatic carbocycles. The molecule has 0 aliphatic carbocycles. The van der Waals surface area contributed by atoms with E-state index >= 15 is 0 Å². The van der Waals surface area contributed by atoms with E-state index in [-0.39, 0.29) is 41.1 Å². The van der Waals surface area contributed by atoms with Crippen molar-refractivity contribution in [3.05, 3.63) is 59.7 Å². The van der Waals surface area contributed by atoms with Crippen LogP contribution in [0.1, 0.15) is 15.9 Å². The fourth-order valence-corrected chi connectivity index (χ4v) is 4.25. The molecule has 32 heavy (non-hydrogen) atoms. The average Bonchev–Trinajstić information content (AvgIpc) is 3.07. The van der Waals surface area contributed by atoms with Crippen LogP contribution < -0.4 is 10.0 Å². The number of phenolic OH excluding ortho intramolecular Hbond substituents is 1. The summed E-state index contributed by atoms with van der Waals surface area (Å²) in [7, 11) is -1.96. The van der Waals surface area contributed by atoms with Gasteiger partial charge in [0.05, 0.1) is 17.8 Å². The van der Waals surface area contributed by atoms with Crippen molar-refractivity contribution in [3.63, 3.8) is 0 Å². The number of carbonyl (C=O) groups excluding carboxylic acids is 1. The van der Waals surface area contributed by atoms with Gasteiger partial charge < -0.3 is 20.2 Å². The summed E-state index contributed by atoms with van der Waals surface area (Å²) in [4.78, 5) is 21.0. The van der Waals surface area contributed by atoms with Crippen LogP contribution in [0, 0.1) is 0 Å². The number of nitrogens with zero attached hydrogens (tertiary/aromatic N) is 4. The average molecular weight is 457 g/mol. The van der Waals surface area contributed by atoms with E-state index in [1.54, 1.807) is 17.0 Å². The molecule has 2 aliphatic heterocycles. The van der Waals surface area contributed by atoms with Crippen LogP contribution in [0.2, 0.25) is 0 Å². The zero-order valence-electron chi connectivity index (χ0n) is 17.5. The van der Waals surface area contributed by atoms with Crippen molar-refractivity contribution in [2.24, 2.45) is 9.39 Å². The SMILES string of the molecule is CN1CCN(C(=O)c2cccc(NC3=NS(=O)(=O)NC3=NCc3ccccc3)c2O)CC1. The van der Waals surface area contributed by atoms with E-state index in [4.69, 9.17) is 0 Å². The lowest BCUT2D eigenvalue weighted by molar-refractivity contribution is 0.0661. The Morgan fingerprint density at radius 1 is 1.12 bits per heavy atom. The van der Waals surface area contributed by atoms with Crippen molar-refractivity contribution in [2.45, 2.75) is 6.54 Å². The highest BCUT2D eigenvalue weighted by Crippen LogP contribution is 2.29. The number of para-hydroxylation sites is 1. The third-order valence-electron chi connectivity index (χ3n) is 5.23. The van der Waals surface area contributed by atoms with Crippen molar-refractivity contribution < 1.29 is 18.3 Å². The molecule has 0 bridgehead atoms. The molecule has 0 atom stereocenters. The predicted molar refractivity (Wildman–Crippen MR) is 122 cm³/mol. The number of phenols is 1. The van der Waals surface area contributed by atoms with Gasteiger partial charge in [-0.25, -0.2) is 4.72 Å². The molecule has 2 heterocycles. The lowest BCUT2D eigenvalue weighted by atomic mass is 10.1. The van der Waals surface area contributed by atoms with Crippen LogP contribution in [0.5, 0.6) is 5.75 Å². The first-order valence-corrected chi connectivity index (χ1v) is 11.5. The number of likely N-dealkylation sites (N-methyl/N-ethyl adjacent to an activating group) is 1. The summed E-state index contributed by atoms with van der Waals surface area (Å²) in [6.07, 6.45) is 0. The molecule has 1 fully saturated rings. The number of anilines is 1. The Balaban J connectivity index is 1.56. The fourth-order valence-electron chi connectivity index (χ4n) is 3.42. The summed E-state index contributed by atoms with van der Waals surface area (Å²) in [6.45, 7) is 2.89. The van der Waals surface area contributed by atoms with E-state index in [1.807, 2.05) is 37.4 Å². The van der Waals surface area contributed by atoms with Crippen LogP contribution in [-0.4, -0.2) is 74.1 Å². The van der Waals surface area contributed by atoms with E-state index in [9.17, 15) is 18.3 Å². The van der Waals surface area contributed by atoms with E-state index in [2.05, 4.69) is 24.3 Å². The fraction of sp³-hybridized carbons (Fsp3) is 0.286. The third-order valence-corrected chi connectivity index (χ3v) is 6.11. The summed E-state index contributed by atoms with van der Waals surface area (Å²) in [5.41, 5.74) is 1.19. The number of hydrogen-bond acceptors (Lipinski definition) is 7. The second-order valence-corrected chi connectivity index (χ2v) is 8.93. The minimum absolute atomic E-state index is 0.0315. The molecule has 2 aromatic rings. The highest BCUT2D eigenvalue weighted by atomic mass is 32.2. The first-order valence-electron chi connectivity index (χ1n) is 10.1. The molecule has 11 heteroatoms. The molecule has 4 rings (SSSR count). The number of rotatable bonds is 4. The third kappa shape index (κ3) is 4.89. The second-order valence-electron chi connectivity index (χ2n) is 7.59. The minimum Gasteiger partial charge on any atom is -0.505 e.